The van der Waals surface area contributed by atoms with Crippen LogP contribution in [0, 0.1) is 5.92 Å². The Morgan fingerprint density at radius 2 is 2.07 bits per heavy atom. The van der Waals surface area contributed by atoms with Gasteiger partial charge in [-0.3, -0.25) is 4.79 Å². The molecule has 1 aromatic rings. The second kappa shape index (κ2) is 2.84. The molecule has 1 atom stereocenters. The number of carbonyl (C=O) groups excluding carboxylic acids is 1. The predicted molar refractivity (Wildman–Crippen MR) is 57.1 cm³/mol. The third-order valence-corrected chi connectivity index (χ3v) is 3.48. The van der Waals surface area contributed by atoms with Gasteiger partial charge in [-0.25, -0.2) is 0 Å². The van der Waals surface area contributed by atoms with Crippen molar-refractivity contribution in [3.8, 4) is 5.75 Å². The first-order chi connectivity index (χ1) is 7.19. The maximum atomic E-state index is 12.0. The second-order valence-electron chi connectivity index (χ2n) is 4.79. The van der Waals surface area contributed by atoms with Gasteiger partial charge in [-0.05, 0) is 37.8 Å². The van der Waals surface area contributed by atoms with Gasteiger partial charge in [0.2, 0.25) is 0 Å². The van der Waals surface area contributed by atoms with E-state index in [9.17, 15) is 4.79 Å². The van der Waals surface area contributed by atoms with Crippen molar-refractivity contribution in [2.24, 2.45) is 5.92 Å². The van der Waals surface area contributed by atoms with Crippen LogP contribution in [0.25, 0.3) is 0 Å². The molecular formula is C13H14O2. The topological polar surface area (TPSA) is 26.3 Å². The SMILES string of the molecule is CC1(C2CC2)CC(=O)c2ccccc2O1. The lowest BCUT2D eigenvalue weighted by atomic mass is 9.88. The molecule has 2 aliphatic rings. The molecule has 1 fully saturated rings. The lowest BCUT2D eigenvalue weighted by Crippen LogP contribution is -2.41. The van der Waals surface area contributed by atoms with Crippen molar-refractivity contribution in [3.05, 3.63) is 29.8 Å². The number of ketones is 1. The summed E-state index contributed by atoms with van der Waals surface area (Å²) < 4.78 is 5.99. The first-order valence-electron chi connectivity index (χ1n) is 5.50. The highest BCUT2D eigenvalue weighted by Gasteiger charge is 2.47. The maximum absolute atomic E-state index is 12.0. The molecule has 1 aromatic carbocycles. The molecule has 0 bridgehead atoms. The summed E-state index contributed by atoms with van der Waals surface area (Å²) in [6.07, 6.45) is 2.94. The molecule has 0 spiro atoms. The molecule has 78 valence electrons. The zero-order valence-electron chi connectivity index (χ0n) is 8.82. The standard InChI is InChI=1S/C13H14O2/c1-13(9-6-7-9)8-11(14)10-4-2-3-5-12(10)15-13/h2-5,9H,6-8H2,1H3. The summed E-state index contributed by atoms with van der Waals surface area (Å²) >= 11 is 0. The fourth-order valence-electron chi connectivity index (χ4n) is 2.41. The quantitative estimate of drug-likeness (QED) is 0.700. The van der Waals surface area contributed by atoms with Gasteiger partial charge in [0.25, 0.3) is 0 Å². The van der Waals surface area contributed by atoms with Crippen LogP contribution < -0.4 is 4.74 Å². The predicted octanol–water partition coefficient (Wildman–Crippen LogP) is 2.82. The third kappa shape index (κ3) is 1.36. The van der Waals surface area contributed by atoms with Gasteiger partial charge in [-0.15, -0.1) is 0 Å². The van der Waals surface area contributed by atoms with Gasteiger partial charge < -0.3 is 4.74 Å². The van der Waals surface area contributed by atoms with Gasteiger partial charge in [0.05, 0.1) is 12.0 Å². The van der Waals surface area contributed by atoms with E-state index in [0.29, 0.717) is 12.3 Å². The average Bonchev–Trinajstić information content (AvgIpc) is 3.00. The highest BCUT2D eigenvalue weighted by molar-refractivity contribution is 6.00. The van der Waals surface area contributed by atoms with Crippen LogP contribution in [0.2, 0.25) is 0 Å². The molecule has 1 heterocycles. The Hall–Kier alpha value is -1.31. The molecule has 3 rings (SSSR count). The molecule has 0 N–H and O–H groups in total. The van der Waals surface area contributed by atoms with Crippen LogP contribution in [-0.2, 0) is 0 Å². The van der Waals surface area contributed by atoms with Crippen LogP contribution in [0.4, 0.5) is 0 Å². The smallest absolute Gasteiger partial charge is 0.170 e. The number of Topliss-reactive ketones (excluding diaryl/α,β-unsaturated/α-hetero) is 1. The number of fused-ring (bicyclic) bond motifs is 1. The number of ether oxygens (including phenoxy) is 1. The number of hydrogen-bond acceptors (Lipinski definition) is 2. The molecule has 2 nitrogen and oxygen atoms in total. The van der Waals surface area contributed by atoms with Crippen molar-refractivity contribution in [1.29, 1.82) is 0 Å². The zero-order chi connectivity index (χ0) is 10.5. The highest BCUT2D eigenvalue weighted by Crippen LogP contribution is 2.47. The molecular weight excluding hydrogens is 188 g/mol. The third-order valence-electron chi connectivity index (χ3n) is 3.48. The van der Waals surface area contributed by atoms with Crippen molar-refractivity contribution < 1.29 is 9.53 Å². The van der Waals surface area contributed by atoms with E-state index in [-0.39, 0.29) is 11.4 Å². The van der Waals surface area contributed by atoms with Crippen LogP contribution in [0.5, 0.6) is 5.75 Å². The summed E-state index contributed by atoms with van der Waals surface area (Å²) in [6.45, 7) is 2.07. The van der Waals surface area contributed by atoms with Crippen molar-refractivity contribution in [2.45, 2.75) is 31.8 Å². The summed E-state index contributed by atoms with van der Waals surface area (Å²) in [5.41, 5.74) is 0.501. The Labute approximate surface area is 89.2 Å². The maximum Gasteiger partial charge on any atom is 0.170 e. The highest BCUT2D eigenvalue weighted by atomic mass is 16.5. The van der Waals surface area contributed by atoms with Gasteiger partial charge in [0.1, 0.15) is 11.4 Å². The number of carbonyl (C=O) groups is 1. The second-order valence-corrected chi connectivity index (χ2v) is 4.79. The fourth-order valence-corrected chi connectivity index (χ4v) is 2.41. The molecule has 1 aliphatic carbocycles. The van der Waals surface area contributed by atoms with E-state index in [1.165, 1.54) is 12.8 Å². The minimum Gasteiger partial charge on any atom is -0.486 e. The number of benzene rings is 1. The van der Waals surface area contributed by atoms with Crippen LogP contribution in [0.3, 0.4) is 0 Å². The van der Waals surface area contributed by atoms with Crippen LogP contribution in [0.15, 0.2) is 24.3 Å². The Morgan fingerprint density at radius 1 is 1.33 bits per heavy atom. The van der Waals surface area contributed by atoms with Crippen LogP contribution in [0.1, 0.15) is 36.5 Å². The number of hydrogen-bond donors (Lipinski definition) is 0. The minimum absolute atomic E-state index is 0.228. The Bertz CT molecular complexity index is 420. The lowest BCUT2D eigenvalue weighted by Gasteiger charge is -2.35. The Balaban J connectivity index is 2.02. The van der Waals surface area contributed by atoms with E-state index in [1.54, 1.807) is 0 Å². The summed E-state index contributed by atoms with van der Waals surface area (Å²) in [7, 11) is 0. The number of rotatable bonds is 1. The Kier molecular flexibility index (Phi) is 1.70. The molecule has 15 heavy (non-hydrogen) atoms. The molecule has 0 aromatic heterocycles. The first-order valence-corrected chi connectivity index (χ1v) is 5.50. The molecule has 1 unspecified atom stereocenters. The van der Waals surface area contributed by atoms with Crippen molar-refractivity contribution in [3.63, 3.8) is 0 Å². The van der Waals surface area contributed by atoms with Crippen molar-refractivity contribution in [2.75, 3.05) is 0 Å². The summed E-state index contributed by atoms with van der Waals surface area (Å²) in [6, 6.07) is 7.56. The van der Waals surface area contributed by atoms with Gasteiger partial charge in [0.15, 0.2) is 5.78 Å². The lowest BCUT2D eigenvalue weighted by molar-refractivity contribution is 0.0381. The van der Waals surface area contributed by atoms with Crippen molar-refractivity contribution in [1.82, 2.24) is 0 Å². The van der Waals surface area contributed by atoms with Gasteiger partial charge in [-0.2, -0.15) is 0 Å². The van der Waals surface area contributed by atoms with E-state index >= 15 is 0 Å². The first kappa shape index (κ1) is 8.96. The van der Waals surface area contributed by atoms with E-state index < -0.39 is 0 Å². The number of para-hydroxylation sites is 1. The summed E-state index contributed by atoms with van der Waals surface area (Å²) in [5, 5.41) is 0. The zero-order valence-corrected chi connectivity index (χ0v) is 8.82. The monoisotopic (exact) mass is 202 g/mol. The van der Waals surface area contributed by atoms with Gasteiger partial charge in [0, 0.05) is 0 Å². The molecule has 2 heteroatoms. The minimum atomic E-state index is -0.245. The van der Waals surface area contributed by atoms with E-state index in [4.69, 9.17) is 4.74 Å². The Morgan fingerprint density at radius 3 is 2.80 bits per heavy atom. The molecule has 0 amide bonds. The summed E-state index contributed by atoms with van der Waals surface area (Å²) in [5.74, 6) is 1.57. The molecule has 1 saturated carbocycles. The van der Waals surface area contributed by atoms with E-state index in [0.717, 1.165) is 11.3 Å². The summed E-state index contributed by atoms with van der Waals surface area (Å²) in [4.78, 5) is 12.0. The fraction of sp³-hybridized carbons (Fsp3) is 0.462. The molecule has 1 aliphatic heterocycles. The van der Waals surface area contributed by atoms with Gasteiger partial charge in [-0.1, -0.05) is 12.1 Å². The molecule has 0 saturated heterocycles. The largest absolute Gasteiger partial charge is 0.486 e. The normalized spacial score (nSPS) is 29.5. The van der Waals surface area contributed by atoms with E-state index in [2.05, 4.69) is 6.92 Å². The van der Waals surface area contributed by atoms with E-state index in [1.807, 2.05) is 24.3 Å². The average molecular weight is 202 g/mol. The van der Waals surface area contributed by atoms with Crippen molar-refractivity contribution >= 4 is 5.78 Å². The molecule has 0 radical (unpaired) electrons. The van der Waals surface area contributed by atoms with Gasteiger partial charge >= 0.3 is 0 Å². The van der Waals surface area contributed by atoms with Crippen LogP contribution >= 0.6 is 0 Å². The van der Waals surface area contributed by atoms with Crippen LogP contribution in [-0.4, -0.2) is 11.4 Å².